The van der Waals surface area contributed by atoms with Crippen LogP contribution in [-0.2, 0) is 4.74 Å². The highest BCUT2D eigenvalue weighted by atomic mass is 79.9. The maximum absolute atomic E-state index is 5.66. The molecule has 1 heterocycles. The summed E-state index contributed by atoms with van der Waals surface area (Å²) in [5, 5.41) is 0.903. The van der Waals surface area contributed by atoms with Crippen LogP contribution in [0.3, 0.4) is 0 Å². The van der Waals surface area contributed by atoms with Gasteiger partial charge in [0.05, 0.1) is 12.7 Å². The Bertz CT molecular complexity index is 210. The van der Waals surface area contributed by atoms with E-state index in [0.717, 1.165) is 25.0 Å². The molecule has 1 saturated heterocycles. The molecule has 1 rings (SSSR count). The third kappa shape index (κ3) is 3.54. The summed E-state index contributed by atoms with van der Waals surface area (Å²) in [4.78, 5) is 2.41. The molecule has 0 N–H and O–H groups in total. The molecule has 2 unspecified atom stereocenters. The first kappa shape index (κ1) is 12.5. The maximum Gasteiger partial charge on any atom is 0.0799 e. The second-order valence-electron chi connectivity index (χ2n) is 3.84. The van der Waals surface area contributed by atoms with Crippen molar-refractivity contribution in [1.82, 2.24) is 4.90 Å². The van der Waals surface area contributed by atoms with Crippen molar-refractivity contribution in [3.8, 4) is 0 Å². The molecule has 2 atom stereocenters. The first-order valence-corrected chi connectivity index (χ1v) is 6.40. The Kier molecular flexibility index (Phi) is 5.45. The van der Waals surface area contributed by atoms with Gasteiger partial charge in [0.1, 0.15) is 0 Å². The molecule has 1 aliphatic rings. The highest BCUT2D eigenvalue weighted by molar-refractivity contribution is 9.09. The number of hydrogen-bond acceptors (Lipinski definition) is 2. The molecule has 0 aliphatic carbocycles. The van der Waals surface area contributed by atoms with E-state index < -0.39 is 0 Å². The topological polar surface area (TPSA) is 12.5 Å². The van der Waals surface area contributed by atoms with Crippen LogP contribution in [0.1, 0.15) is 13.8 Å². The Balaban J connectivity index is 2.48. The van der Waals surface area contributed by atoms with Gasteiger partial charge in [-0.15, -0.1) is 0 Å². The van der Waals surface area contributed by atoms with Crippen LogP contribution in [0.4, 0.5) is 0 Å². The van der Waals surface area contributed by atoms with Crippen LogP contribution in [0.5, 0.6) is 0 Å². The van der Waals surface area contributed by atoms with Crippen LogP contribution >= 0.6 is 27.5 Å². The Morgan fingerprint density at radius 3 is 3.00 bits per heavy atom. The van der Waals surface area contributed by atoms with Crippen LogP contribution in [0.25, 0.3) is 0 Å². The fourth-order valence-corrected chi connectivity index (χ4v) is 2.00. The number of halogens is 2. The smallest absolute Gasteiger partial charge is 0.0799 e. The molecule has 0 radical (unpaired) electrons. The molecule has 0 aromatic heterocycles. The highest BCUT2D eigenvalue weighted by Crippen LogP contribution is 2.14. The molecule has 0 bridgehead atoms. The van der Waals surface area contributed by atoms with E-state index in [-0.39, 0.29) is 0 Å². The Morgan fingerprint density at radius 1 is 1.71 bits per heavy atom. The number of hydrogen-bond donors (Lipinski definition) is 0. The van der Waals surface area contributed by atoms with Crippen molar-refractivity contribution in [1.29, 1.82) is 0 Å². The molecular weight excluding hydrogens is 265 g/mol. The van der Waals surface area contributed by atoms with E-state index in [9.17, 15) is 0 Å². The van der Waals surface area contributed by atoms with E-state index in [4.69, 9.17) is 16.3 Å². The molecule has 0 spiro atoms. The van der Waals surface area contributed by atoms with Crippen LogP contribution in [0, 0.1) is 0 Å². The standard InChI is InChI=1S/C10H17BrClNO/c1-8(4-12)5-13-6-10(3-11)14-7-9(13)2/h4,9-10H,3,5-7H2,1-2H3. The van der Waals surface area contributed by atoms with Crippen molar-refractivity contribution < 1.29 is 4.74 Å². The highest BCUT2D eigenvalue weighted by Gasteiger charge is 2.24. The van der Waals surface area contributed by atoms with Gasteiger partial charge in [-0.1, -0.05) is 27.5 Å². The van der Waals surface area contributed by atoms with Crippen molar-refractivity contribution in [2.24, 2.45) is 0 Å². The molecule has 0 saturated carbocycles. The monoisotopic (exact) mass is 281 g/mol. The predicted octanol–water partition coefficient (Wildman–Crippen LogP) is 2.61. The maximum atomic E-state index is 5.66. The van der Waals surface area contributed by atoms with Crippen molar-refractivity contribution in [2.75, 3.05) is 25.0 Å². The minimum Gasteiger partial charge on any atom is -0.374 e. The first-order valence-electron chi connectivity index (χ1n) is 4.84. The number of nitrogens with zero attached hydrogens (tertiary/aromatic N) is 1. The lowest BCUT2D eigenvalue weighted by Gasteiger charge is -2.37. The van der Waals surface area contributed by atoms with Crippen molar-refractivity contribution >= 4 is 27.5 Å². The van der Waals surface area contributed by atoms with Crippen molar-refractivity contribution in [3.63, 3.8) is 0 Å². The second-order valence-corrected chi connectivity index (χ2v) is 4.71. The minimum atomic E-state index is 0.314. The van der Waals surface area contributed by atoms with Gasteiger partial charge in [0.15, 0.2) is 0 Å². The SMILES string of the molecule is CC(=CCl)CN1CC(CBr)OCC1C. The van der Waals surface area contributed by atoms with Gasteiger partial charge in [-0.2, -0.15) is 0 Å². The lowest BCUT2D eigenvalue weighted by atomic mass is 10.2. The van der Waals surface area contributed by atoms with E-state index in [0.29, 0.717) is 12.1 Å². The number of rotatable bonds is 3. The van der Waals surface area contributed by atoms with Gasteiger partial charge in [0.25, 0.3) is 0 Å². The van der Waals surface area contributed by atoms with Gasteiger partial charge in [0.2, 0.25) is 0 Å². The summed E-state index contributed by atoms with van der Waals surface area (Å²) in [6, 6.07) is 0.483. The molecule has 2 nitrogen and oxygen atoms in total. The third-order valence-corrected chi connectivity index (χ3v) is 3.54. The van der Waals surface area contributed by atoms with Crippen LogP contribution in [0.2, 0.25) is 0 Å². The summed E-state index contributed by atoms with van der Waals surface area (Å²) in [7, 11) is 0. The average molecular weight is 283 g/mol. The third-order valence-electron chi connectivity index (χ3n) is 2.45. The average Bonchev–Trinajstić information content (AvgIpc) is 2.21. The van der Waals surface area contributed by atoms with E-state index in [1.807, 2.05) is 0 Å². The van der Waals surface area contributed by atoms with Crippen LogP contribution in [0.15, 0.2) is 11.1 Å². The Hall–Kier alpha value is 0.430. The van der Waals surface area contributed by atoms with Gasteiger partial charge in [-0.3, -0.25) is 4.90 Å². The molecule has 14 heavy (non-hydrogen) atoms. The summed E-state index contributed by atoms with van der Waals surface area (Å²) < 4.78 is 5.64. The normalized spacial score (nSPS) is 30.7. The van der Waals surface area contributed by atoms with Gasteiger partial charge in [-0.25, -0.2) is 0 Å². The molecule has 1 fully saturated rings. The predicted molar refractivity (Wildman–Crippen MR) is 64.2 cm³/mol. The van der Waals surface area contributed by atoms with Gasteiger partial charge in [-0.05, 0) is 19.4 Å². The lowest BCUT2D eigenvalue weighted by molar-refractivity contribution is -0.0428. The van der Waals surface area contributed by atoms with Crippen LogP contribution in [-0.4, -0.2) is 42.1 Å². The minimum absolute atomic E-state index is 0.314. The molecule has 1 aliphatic heterocycles. The number of alkyl halides is 1. The molecule has 4 heteroatoms. The molecule has 0 aromatic rings. The zero-order chi connectivity index (χ0) is 10.6. The van der Waals surface area contributed by atoms with Gasteiger partial charge < -0.3 is 4.74 Å². The van der Waals surface area contributed by atoms with E-state index >= 15 is 0 Å². The van der Waals surface area contributed by atoms with Crippen molar-refractivity contribution in [2.45, 2.75) is 26.0 Å². The molecular formula is C10H17BrClNO. The Labute approximate surface area is 99.4 Å². The zero-order valence-electron chi connectivity index (χ0n) is 8.67. The second kappa shape index (κ2) is 6.11. The van der Waals surface area contributed by atoms with Gasteiger partial charge in [0, 0.05) is 30.0 Å². The quantitative estimate of drug-likeness (QED) is 0.738. The lowest BCUT2D eigenvalue weighted by Crippen LogP contribution is -2.49. The van der Waals surface area contributed by atoms with E-state index in [2.05, 4.69) is 34.7 Å². The fraction of sp³-hybridized carbons (Fsp3) is 0.800. The molecule has 0 amide bonds. The van der Waals surface area contributed by atoms with Crippen LogP contribution < -0.4 is 0 Å². The van der Waals surface area contributed by atoms with Crippen molar-refractivity contribution in [3.05, 3.63) is 11.1 Å². The van der Waals surface area contributed by atoms with Gasteiger partial charge >= 0.3 is 0 Å². The van der Waals surface area contributed by atoms with E-state index in [1.165, 1.54) is 5.57 Å². The number of ether oxygens (including phenoxy) is 1. The Morgan fingerprint density at radius 2 is 2.43 bits per heavy atom. The summed E-state index contributed by atoms with van der Waals surface area (Å²) in [5.41, 5.74) is 2.86. The van der Waals surface area contributed by atoms with E-state index in [1.54, 1.807) is 5.54 Å². The summed E-state index contributed by atoms with van der Waals surface area (Å²) >= 11 is 9.11. The summed E-state index contributed by atoms with van der Waals surface area (Å²) in [5.74, 6) is 0. The first-order chi connectivity index (χ1) is 6.67. The molecule has 82 valence electrons. The summed E-state index contributed by atoms with van der Waals surface area (Å²) in [6.07, 6.45) is 0.314. The number of morpholine rings is 1. The molecule has 0 aromatic carbocycles. The summed E-state index contributed by atoms with van der Waals surface area (Å²) in [6.45, 7) is 6.97. The fourth-order valence-electron chi connectivity index (χ4n) is 1.54. The largest absolute Gasteiger partial charge is 0.374 e. The zero-order valence-corrected chi connectivity index (χ0v) is 11.0.